The summed E-state index contributed by atoms with van der Waals surface area (Å²) in [7, 11) is 4.35. The second kappa shape index (κ2) is 8.74. The average molecular weight is 407 g/mol. The van der Waals surface area contributed by atoms with Crippen LogP contribution in [-0.4, -0.2) is 59.4 Å². The molecule has 0 aliphatic carbocycles. The maximum Gasteiger partial charge on any atom is 0.126 e. The van der Waals surface area contributed by atoms with E-state index < -0.39 is 0 Å². The Hall–Kier alpha value is -2.44. The van der Waals surface area contributed by atoms with Crippen molar-refractivity contribution in [3.05, 3.63) is 49.0 Å². The van der Waals surface area contributed by atoms with Crippen molar-refractivity contribution in [3.8, 4) is 0 Å². The number of hydrogen-bond acceptors (Lipinski definition) is 5. The van der Waals surface area contributed by atoms with Crippen LogP contribution in [0.1, 0.15) is 38.1 Å². The molecule has 160 valence electrons. The molecule has 2 atom stereocenters. The third kappa shape index (κ3) is 3.94. The number of rotatable bonds is 5. The Labute approximate surface area is 180 Å². The van der Waals surface area contributed by atoms with Crippen molar-refractivity contribution >= 4 is 22.4 Å². The number of aliphatic imine (C=N–C) groups is 1. The number of fused-ring (bicyclic) bond motifs is 1. The van der Waals surface area contributed by atoms with Crippen LogP contribution >= 0.6 is 0 Å². The second-order valence-electron chi connectivity index (χ2n) is 8.64. The first-order valence-corrected chi connectivity index (χ1v) is 11.0. The quantitative estimate of drug-likeness (QED) is 0.770. The maximum absolute atomic E-state index is 5.07. The monoisotopic (exact) mass is 406 g/mol. The zero-order valence-corrected chi connectivity index (χ0v) is 18.6. The molecule has 2 aromatic rings. The van der Waals surface area contributed by atoms with Gasteiger partial charge in [-0.2, -0.15) is 0 Å². The van der Waals surface area contributed by atoms with Crippen LogP contribution in [0.25, 0.3) is 11.0 Å². The number of hydrogen-bond donors (Lipinski definition) is 1. The van der Waals surface area contributed by atoms with E-state index in [1.54, 1.807) is 6.20 Å². The van der Waals surface area contributed by atoms with Gasteiger partial charge in [0.05, 0.1) is 34.5 Å². The van der Waals surface area contributed by atoms with E-state index in [2.05, 4.69) is 70.1 Å². The topological polar surface area (TPSA) is 48.7 Å². The Morgan fingerprint density at radius 1 is 1.20 bits per heavy atom. The van der Waals surface area contributed by atoms with E-state index in [-0.39, 0.29) is 12.1 Å². The van der Waals surface area contributed by atoms with Gasteiger partial charge >= 0.3 is 0 Å². The van der Waals surface area contributed by atoms with E-state index in [1.807, 2.05) is 6.92 Å². The van der Waals surface area contributed by atoms with Gasteiger partial charge in [-0.05, 0) is 50.9 Å². The minimum atomic E-state index is 0.191. The first kappa shape index (κ1) is 20.8. The van der Waals surface area contributed by atoms with E-state index in [0.29, 0.717) is 0 Å². The van der Waals surface area contributed by atoms with Gasteiger partial charge < -0.3 is 14.4 Å². The molecule has 1 aromatic carbocycles. The van der Waals surface area contributed by atoms with Gasteiger partial charge in [0, 0.05) is 39.4 Å². The van der Waals surface area contributed by atoms with Gasteiger partial charge in [-0.1, -0.05) is 19.2 Å². The van der Waals surface area contributed by atoms with Crippen LogP contribution in [0, 0.1) is 0 Å². The summed E-state index contributed by atoms with van der Waals surface area (Å²) < 4.78 is 2.30. The third-order valence-corrected chi connectivity index (χ3v) is 6.45. The van der Waals surface area contributed by atoms with Crippen molar-refractivity contribution in [2.45, 2.75) is 38.3 Å². The van der Waals surface area contributed by atoms with Gasteiger partial charge in [0.15, 0.2) is 0 Å². The Morgan fingerprint density at radius 3 is 2.67 bits per heavy atom. The summed E-state index contributed by atoms with van der Waals surface area (Å²) in [5.74, 6) is 1.11. The van der Waals surface area contributed by atoms with Crippen LogP contribution in [-0.2, 0) is 7.05 Å². The lowest BCUT2D eigenvalue weighted by Crippen LogP contribution is -2.44. The molecule has 0 amide bonds. The Balaban J connectivity index is 1.66. The summed E-state index contributed by atoms with van der Waals surface area (Å²) in [6.07, 6.45) is 4.90. The van der Waals surface area contributed by atoms with Crippen molar-refractivity contribution < 1.29 is 0 Å². The normalized spacial score (nSPS) is 23.7. The highest BCUT2D eigenvalue weighted by Gasteiger charge is 2.29. The number of aryl methyl sites for hydroxylation is 1. The number of anilines is 1. The molecule has 1 N–H and O–H groups in total. The smallest absolute Gasteiger partial charge is 0.126 e. The van der Waals surface area contributed by atoms with Gasteiger partial charge in [-0.3, -0.25) is 10.3 Å². The summed E-state index contributed by atoms with van der Waals surface area (Å²) in [6, 6.07) is 6.91. The van der Waals surface area contributed by atoms with Crippen molar-refractivity contribution in [2.75, 3.05) is 38.1 Å². The minimum absolute atomic E-state index is 0.191. The lowest BCUT2D eigenvalue weighted by Gasteiger charge is -2.34. The van der Waals surface area contributed by atoms with Gasteiger partial charge in [0.1, 0.15) is 5.82 Å². The largest absolute Gasteiger partial charge is 0.367 e. The molecule has 0 bridgehead atoms. The minimum Gasteiger partial charge on any atom is -0.367 e. The van der Waals surface area contributed by atoms with Gasteiger partial charge in [-0.25, -0.2) is 4.98 Å². The molecule has 0 radical (unpaired) electrons. The second-order valence-corrected chi connectivity index (χ2v) is 8.64. The summed E-state index contributed by atoms with van der Waals surface area (Å²) >= 11 is 0. The number of benzene rings is 1. The van der Waals surface area contributed by atoms with Crippen molar-refractivity contribution in [3.63, 3.8) is 0 Å². The summed E-state index contributed by atoms with van der Waals surface area (Å²) in [5, 5.41) is 3.80. The molecule has 4 rings (SSSR count). The van der Waals surface area contributed by atoms with Gasteiger partial charge in [0.2, 0.25) is 0 Å². The molecule has 2 unspecified atom stereocenters. The highest BCUT2D eigenvalue weighted by atomic mass is 15.3. The Morgan fingerprint density at radius 2 is 1.97 bits per heavy atom. The van der Waals surface area contributed by atoms with E-state index >= 15 is 0 Å². The highest BCUT2D eigenvalue weighted by molar-refractivity contribution is 6.03. The lowest BCUT2D eigenvalue weighted by atomic mass is 9.92. The molecular formula is C24H34N6. The van der Waals surface area contributed by atoms with Crippen LogP contribution in [0.15, 0.2) is 48.1 Å². The van der Waals surface area contributed by atoms with Gasteiger partial charge in [0.25, 0.3) is 0 Å². The zero-order chi connectivity index (χ0) is 21.3. The molecule has 2 fully saturated rings. The fourth-order valence-corrected chi connectivity index (χ4v) is 4.83. The third-order valence-electron chi connectivity index (χ3n) is 6.45. The molecule has 3 heterocycles. The highest BCUT2D eigenvalue weighted by Crippen LogP contribution is 2.33. The molecule has 2 saturated heterocycles. The van der Waals surface area contributed by atoms with E-state index in [9.17, 15) is 0 Å². The number of piperidine rings is 1. The molecular weight excluding hydrogens is 372 g/mol. The van der Waals surface area contributed by atoms with Gasteiger partial charge in [-0.15, -0.1) is 0 Å². The summed E-state index contributed by atoms with van der Waals surface area (Å²) in [6.45, 7) is 14.2. The number of aromatic nitrogens is 2. The average Bonchev–Trinajstić information content (AvgIpc) is 3.09. The molecule has 0 saturated carbocycles. The van der Waals surface area contributed by atoms with Crippen molar-refractivity contribution in [1.29, 1.82) is 0 Å². The van der Waals surface area contributed by atoms with Crippen molar-refractivity contribution in [2.24, 2.45) is 12.0 Å². The number of piperazine rings is 1. The molecule has 0 spiro atoms. The number of para-hydroxylation sites is 1. The van der Waals surface area contributed by atoms with Crippen molar-refractivity contribution in [1.82, 2.24) is 19.8 Å². The summed E-state index contributed by atoms with van der Waals surface area (Å²) in [4.78, 5) is 14.5. The SMILES string of the molecule is C=CN=C(C(=C)C)C1CCCC(c2nc3cccc(N4CCN(C)CC4)c3n2C)N1. The van der Waals surface area contributed by atoms with E-state index in [1.165, 1.54) is 11.2 Å². The number of nitrogens with one attached hydrogen (secondary N) is 1. The lowest BCUT2D eigenvalue weighted by molar-refractivity contribution is 0.313. The maximum atomic E-state index is 5.07. The van der Waals surface area contributed by atoms with Crippen LogP contribution in [0.3, 0.4) is 0 Å². The zero-order valence-electron chi connectivity index (χ0n) is 18.6. The Kier molecular flexibility index (Phi) is 6.06. The van der Waals surface area contributed by atoms with Crippen LogP contribution in [0.2, 0.25) is 0 Å². The van der Waals surface area contributed by atoms with E-state index in [0.717, 1.165) is 68.1 Å². The first-order chi connectivity index (χ1) is 14.5. The molecule has 2 aliphatic heterocycles. The van der Waals surface area contributed by atoms with Crippen LogP contribution < -0.4 is 10.2 Å². The number of likely N-dealkylation sites (N-methyl/N-ethyl adjacent to an activating group) is 1. The molecule has 30 heavy (non-hydrogen) atoms. The van der Waals surface area contributed by atoms with Crippen LogP contribution in [0.4, 0.5) is 5.69 Å². The molecule has 2 aliphatic rings. The molecule has 1 aromatic heterocycles. The predicted octanol–water partition coefficient (Wildman–Crippen LogP) is 3.67. The molecule has 6 nitrogen and oxygen atoms in total. The first-order valence-electron chi connectivity index (χ1n) is 11.0. The number of imidazole rings is 1. The fourth-order valence-electron chi connectivity index (χ4n) is 4.83. The molecule has 6 heteroatoms. The summed E-state index contributed by atoms with van der Waals surface area (Å²) in [5.41, 5.74) is 5.61. The number of nitrogens with zero attached hydrogens (tertiary/aromatic N) is 5. The predicted molar refractivity (Wildman–Crippen MR) is 126 cm³/mol. The Bertz CT molecular complexity index is 963. The fraction of sp³-hybridized carbons (Fsp3) is 0.500. The van der Waals surface area contributed by atoms with E-state index in [4.69, 9.17) is 4.98 Å². The standard InChI is InChI=1S/C24H34N6/c1-6-25-22(17(2)3)18-9-7-11-20(26-18)24-27-19-10-8-12-21(23(19)29(24)5)30-15-13-28(4)14-16-30/h6,8,10,12,18,20,26H,1-2,7,9,11,13-16H2,3-5H3. The van der Waals surface area contributed by atoms with Crippen LogP contribution in [0.5, 0.6) is 0 Å².